The van der Waals surface area contributed by atoms with E-state index in [1.165, 1.54) is 0 Å². The van der Waals surface area contributed by atoms with Gasteiger partial charge in [-0.1, -0.05) is 18.2 Å². The maximum absolute atomic E-state index is 12.2. The summed E-state index contributed by atoms with van der Waals surface area (Å²) < 4.78 is 16.6. The second kappa shape index (κ2) is 6.83. The fraction of sp³-hybridized carbons (Fsp3) is 0.316. The van der Waals surface area contributed by atoms with Crippen LogP contribution >= 0.6 is 0 Å². The molecule has 1 atom stereocenters. The quantitative estimate of drug-likeness (QED) is 0.912. The molecule has 1 aliphatic rings. The Kier molecular flexibility index (Phi) is 4.60. The molecule has 2 aromatic carbocycles. The highest BCUT2D eigenvalue weighted by Gasteiger charge is 2.32. The van der Waals surface area contributed by atoms with Gasteiger partial charge in [-0.25, -0.2) is 0 Å². The zero-order valence-electron chi connectivity index (χ0n) is 14.1. The van der Waals surface area contributed by atoms with Gasteiger partial charge in [-0.3, -0.25) is 4.79 Å². The molecule has 24 heavy (non-hydrogen) atoms. The molecular formula is C19H21NO4. The van der Waals surface area contributed by atoms with E-state index in [9.17, 15) is 4.79 Å². The van der Waals surface area contributed by atoms with E-state index < -0.39 is 0 Å². The first kappa shape index (κ1) is 16.2. The smallest absolute Gasteiger partial charge is 0.225 e. The Morgan fingerprint density at radius 1 is 1.12 bits per heavy atom. The lowest BCUT2D eigenvalue weighted by molar-refractivity contribution is -0.116. The van der Waals surface area contributed by atoms with Gasteiger partial charge in [0.15, 0.2) is 0 Å². The zero-order valence-corrected chi connectivity index (χ0v) is 14.1. The summed E-state index contributed by atoms with van der Waals surface area (Å²) in [6.45, 7) is 2.52. The molecule has 0 spiro atoms. The van der Waals surface area contributed by atoms with Crippen LogP contribution in [0, 0.1) is 0 Å². The highest BCUT2D eigenvalue weighted by Crippen LogP contribution is 2.46. The number of hydrogen-bond donors (Lipinski definition) is 1. The number of nitrogens with one attached hydrogen (secondary N) is 1. The van der Waals surface area contributed by atoms with Crippen molar-refractivity contribution in [2.24, 2.45) is 0 Å². The summed E-state index contributed by atoms with van der Waals surface area (Å²) in [6, 6.07) is 11.5. The molecule has 0 fully saturated rings. The fourth-order valence-corrected chi connectivity index (χ4v) is 3.16. The lowest BCUT2D eigenvalue weighted by atomic mass is 9.83. The molecule has 1 N–H and O–H groups in total. The number of amides is 1. The first-order valence-corrected chi connectivity index (χ1v) is 7.95. The lowest BCUT2D eigenvalue weighted by Gasteiger charge is -2.29. The van der Waals surface area contributed by atoms with Crippen LogP contribution < -0.4 is 19.5 Å². The van der Waals surface area contributed by atoms with Gasteiger partial charge in [-0.15, -0.1) is 0 Å². The van der Waals surface area contributed by atoms with Gasteiger partial charge in [0, 0.05) is 35.6 Å². The van der Waals surface area contributed by atoms with Crippen molar-refractivity contribution in [3.05, 3.63) is 47.5 Å². The number of anilines is 1. The molecule has 0 unspecified atom stereocenters. The molecule has 5 nitrogen and oxygen atoms in total. The van der Waals surface area contributed by atoms with Crippen LogP contribution in [0.1, 0.15) is 30.4 Å². The minimum Gasteiger partial charge on any atom is -0.497 e. The van der Waals surface area contributed by atoms with Crippen LogP contribution in [0.2, 0.25) is 0 Å². The number of carbonyl (C=O) groups is 1. The molecule has 0 radical (unpaired) electrons. The first-order chi connectivity index (χ1) is 11.7. The molecule has 0 saturated heterocycles. The van der Waals surface area contributed by atoms with E-state index in [1.54, 1.807) is 14.2 Å². The third kappa shape index (κ3) is 2.89. The second-order valence-corrected chi connectivity index (χ2v) is 5.57. The zero-order chi connectivity index (χ0) is 17.1. The largest absolute Gasteiger partial charge is 0.497 e. The van der Waals surface area contributed by atoms with Gasteiger partial charge in [0.2, 0.25) is 5.91 Å². The van der Waals surface area contributed by atoms with E-state index in [-0.39, 0.29) is 11.8 Å². The Morgan fingerprint density at radius 2 is 1.92 bits per heavy atom. The number of fused-ring (bicyclic) bond motifs is 1. The summed E-state index contributed by atoms with van der Waals surface area (Å²) >= 11 is 0. The van der Waals surface area contributed by atoms with Crippen LogP contribution in [0.25, 0.3) is 0 Å². The number of ether oxygens (including phenoxy) is 3. The second-order valence-electron chi connectivity index (χ2n) is 5.57. The minimum absolute atomic E-state index is 0.0332. The van der Waals surface area contributed by atoms with E-state index in [4.69, 9.17) is 14.2 Å². The lowest BCUT2D eigenvalue weighted by Crippen LogP contribution is -2.24. The van der Waals surface area contributed by atoms with Crippen LogP contribution in [0.15, 0.2) is 36.4 Å². The van der Waals surface area contributed by atoms with Crippen LogP contribution in [0.3, 0.4) is 0 Å². The van der Waals surface area contributed by atoms with Gasteiger partial charge < -0.3 is 19.5 Å². The Morgan fingerprint density at radius 3 is 2.62 bits per heavy atom. The van der Waals surface area contributed by atoms with Gasteiger partial charge in [-0.05, 0) is 13.0 Å². The summed E-state index contributed by atoms with van der Waals surface area (Å²) in [5, 5.41) is 2.92. The Bertz CT molecular complexity index is 757. The molecule has 3 rings (SSSR count). The van der Waals surface area contributed by atoms with Crippen LogP contribution in [-0.4, -0.2) is 26.7 Å². The van der Waals surface area contributed by atoms with Crippen molar-refractivity contribution in [1.82, 2.24) is 0 Å². The summed E-state index contributed by atoms with van der Waals surface area (Å²) in [6.07, 6.45) is 0.347. The molecule has 5 heteroatoms. The van der Waals surface area contributed by atoms with Crippen LogP contribution in [-0.2, 0) is 4.79 Å². The standard InChI is InChI=1S/C19H21NO4/c1-4-24-16-8-6-5-7-13(16)14-11-18(21)20-15-9-12(22-2)10-17(23-3)19(14)15/h5-10,14H,4,11H2,1-3H3,(H,20,21)/t14-/m1/s1. The normalized spacial score (nSPS) is 16.1. The van der Waals surface area contributed by atoms with E-state index in [0.717, 1.165) is 22.6 Å². The number of para-hydroxylation sites is 1. The van der Waals surface area contributed by atoms with Crippen molar-refractivity contribution in [2.45, 2.75) is 19.3 Å². The average molecular weight is 327 g/mol. The van der Waals surface area contributed by atoms with Crippen molar-refractivity contribution in [3.8, 4) is 17.2 Å². The minimum atomic E-state index is -0.127. The molecule has 0 aliphatic carbocycles. The fourth-order valence-electron chi connectivity index (χ4n) is 3.16. The summed E-state index contributed by atoms with van der Waals surface area (Å²) in [7, 11) is 3.21. The average Bonchev–Trinajstić information content (AvgIpc) is 2.60. The van der Waals surface area contributed by atoms with E-state index in [0.29, 0.717) is 24.5 Å². The van der Waals surface area contributed by atoms with Gasteiger partial charge >= 0.3 is 0 Å². The summed E-state index contributed by atoms with van der Waals surface area (Å²) in [5.41, 5.74) is 2.66. The Hall–Kier alpha value is -2.69. The van der Waals surface area contributed by atoms with Crippen LogP contribution in [0.5, 0.6) is 17.2 Å². The molecule has 1 heterocycles. The predicted molar refractivity (Wildman–Crippen MR) is 92.2 cm³/mol. The number of methoxy groups -OCH3 is 2. The predicted octanol–water partition coefficient (Wildman–Crippen LogP) is 3.58. The van der Waals surface area contributed by atoms with Crippen molar-refractivity contribution in [2.75, 3.05) is 26.1 Å². The molecule has 1 aliphatic heterocycles. The third-order valence-electron chi connectivity index (χ3n) is 4.18. The molecule has 0 saturated carbocycles. The molecule has 126 valence electrons. The molecule has 0 aromatic heterocycles. The van der Waals surface area contributed by atoms with Gasteiger partial charge in [0.1, 0.15) is 17.2 Å². The van der Waals surface area contributed by atoms with Gasteiger partial charge in [0.25, 0.3) is 0 Å². The number of benzene rings is 2. The maximum atomic E-state index is 12.2. The number of rotatable bonds is 5. The Labute approximate surface area is 141 Å². The third-order valence-corrected chi connectivity index (χ3v) is 4.18. The monoisotopic (exact) mass is 327 g/mol. The van der Waals surface area contributed by atoms with Crippen molar-refractivity contribution in [1.29, 1.82) is 0 Å². The summed E-state index contributed by atoms with van der Waals surface area (Å²) in [4.78, 5) is 12.2. The Balaban J connectivity index is 2.17. The first-order valence-electron chi connectivity index (χ1n) is 7.95. The van der Waals surface area contributed by atoms with E-state index in [2.05, 4.69) is 5.32 Å². The highest BCUT2D eigenvalue weighted by atomic mass is 16.5. The van der Waals surface area contributed by atoms with Crippen LogP contribution in [0.4, 0.5) is 5.69 Å². The number of hydrogen-bond acceptors (Lipinski definition) is 4. The van der Waals surface area contributed by atoms with Crippen molar-refractivity contribution < 1.29 is 19.0 Å². The molecule has 1 amide bonds. The summed E-state index contributed by atoms with van der Waals surface area (Å²) in [5.74, 6) is 1.97. The molecule has 0 bridgehead atoms. The van der Waals surface area contributed by atoms with E-state index in [1.807, 2.05) is 43.3 Å². The number of carbonyl (C=O) groups excluding carboxylic acids is 1. The SMILES string of the molecule is CCOc1ccccc1[C@H]1CC(=O)Nc2cc(OC)cc(OC)c21. The molecular weight excluding hydrogens is 306 g/mol. The van der Waals surface area contributed by atoms with Crippen molar-refractivity contribution >= 4 is 11.6 Å². The topological polar surface area (TPSA) is 56.8 Å². The van der Waals surface area contributed by atoms with Gasteiger partial charge in [-0.2, -0.15) is 0 Å². The molecule has 2 aromatic rings. The maximum Gasteiger partial charge on any atom is 0.225 e. The van der Waals surface area contributed by atoms with E-state index >= 15 is 0 Å². The van der Waals surface area contributed by atoms with Gasteiger partial charge in [0.05, 0.1) is 26.5 Å². The van der Waals surface area contributed by atoms with Crippen molar-refractivity contribution in [3.63, 3.8) is 0 Å². The highest BCUT2D eigenvalue weighted by molar-refractivity contribution is 5.96.